The molecule has 2 atom stereocenters. The van der Waals surface area contributed by atoms with Crippen molar-refractivity contribution in [1.29, 1.82) is 0 Å². The van der Waals surface area contributed by atoms with Crippen LogP contribution in [-0.4, -0.2) is 60.7 Å². The lowest BCUT2D eigenvalue weighted by atomic mass is 10.1. The maximum atomic E-state index is 12.4. The molecule has 0 spiro atoms. The molecular formula is C23H37N5O3. The van der Waals surface area contributed by atoms with Crippen LogP contribution in [0.1, 0.15) is 59.1 Å². The molecule has 31 heavy (non-hydrogen) atoms. The van der Waals surface area contributed by atoms with E-state index < -0.39 is 11.7 Å². The summed E-state index contributed by atoms with van der Waals surface area (Å²) in [7, 11) is 0. The third kappa shape index (κ3) is 8.47. The maximum absolute atomic E-state index is 12.4. The van der Waals surface area contributed by atoms with Crippen molar-refractivity contribution in [3.05, 3.63) is 35.9 Å². The highest BCUT2D eigenvalue weighted by Gasteiger charge is 2.26. The first-order valence-electron chi connectivity index (χ1n) is 11.1. The predicted octanol–water partition coefficient (Wildman–Crippen LogP) is 2.82. The Kier molecular flexibility index (Phi) is 9.15. The molecule has 3 N–H and O–H groups in total. The Bertz CT molecular complexity index is 745. The van der Waals surface area contributed by atoms with E-state index in [1.165, 1.54) is 0 Å². The van der Waals surface area contributed by atoms with Gasteiger partial charge in [-0.2, -0.15) is 0 Å². The smallest absolute Gasteiger partial charge is 0.408 e. The van der Waals surface area contributed by atoms with E-state index in [0.717, 1.165) is 18.5 Å². The Morgan fingerprint density at radius 1 is 1.23 bits per heavy atom. The van der Waals surface area contributed by atoms with Crippen molar-refractivity contribution in [3.63, 3.8) is 0 Å². The Balaban J connectivity index is 2.07. The number of nitrogens with zero attached hydrogens (tertiary/aromatic N) is 2. The van der Waals surface area contributed by atoms with E-state index >= 15 is 0 Å². The van der Waals surface area contributed by atoms with Gasteiger partial charge in [0, 0.05) is 32.1 Å². The van der Waals surface area contributed by atoms with Gasteiger partial charge < -0.3 is 25.6 Å². The van der Waals surface area contributed by atoms with E-state index in [1.807, 2.05) is 69.9 Å². The topological polar surface area (TPSA) is 95.1 Å². The molecule has 1 fully saturated rings. The van der Waals surface area contributed by atoms with E-state index in [4.69, 9.17) is 9.73 Å². The second-order valence-electron chi connectivity index (χ2n) is 8.65. The number of carbonyl (C=O) groups is 2. The fourth-order valence-electron chi connectivity index (χ4n) is 3.39. The van der Waals surface area contributed by atoms with Gasteiger partial charge in [0.1, 0.15) is 5.60 Å². The molecule has 1 saturated heterocycles. The van der Waals surface area contributed by atoms with Gasteiger partial charge in [0.05, 0.1) is 12.6 Å². The van der Waals surface area contributed by atoms with Crippen LogP contribution in [0.4, 0.5) is 4.79 Å². The first-order chi connectivity index (χ1) is 14.7. The summed E-state index contributed by atoms with van der Waals surface area (Å²) in [6, 6.07) is 9.56. The number of guanidine groups is 1. The van der Waals surface area contributed by atoms with Crippen molar-refractivity contribution < 1.29 is 14.3 Å². The lowest BCUT2D eigenvalue weighted by Gasteiger charge is -2.24. The number of nitrogens with one attached hydrogen (secondary N) is 3. The normalized spacial score (nSPS) is 17.8. The zero-order valence-corrected chi connectivity index (χ0v) is 19.4. The van der Waals surface area contributed by atoms with Crippen LogP contribution in [-0.2, 0) is 9.53 Å². The Hall–Kier alpha value is -2.77. The monoisotopic (exact) mass is 431 g/mol. The number of ether oxygens (including phenoxy) is 1. The number of carbonyl (C=O) groups excluding carboxylic acids is 2. The standard InChI is InChI=1S/C23H37N5O3/c1-6-20(29)28-14-13-18(16-28)26-21(24-7-2)25-15-19(17-11-9-8-10-12-17)27-22(30)31-23(3,4)5/h8-12,18-19H,6-7,13-16H2,1-5H3,(H,27,30)(H2,24,25,26). The summed E-state index contributed by atoms with van der Waals surface area (Å²) >= 11 is 0. The molecule has 0 saturated carbocycles. The van der Waals surface area contributed by atoms with Gasteiger partial charge in [-0.15, -0.1) is 0 Å². The summed E-state index contributed by atoms with van der Waals surface area (Å²) in [5, 5.41) is 9.62. The fourth-order valence-corrected chi connectivity index (χ4v) is 3.39. The molecule has 0 radical (unpaired) electrons. The summed E-state index contributed by atoms with van der Waals surface area (Å²) in [4.78, 5) is 30.9. The summed E-state index contributed by atoms with van der Waals surface area (Å²) in [5.41, 5.74) is 0.378. The average Bonchev–Trinajstić information content (AvgIpc) is 3.18. The number of hydrogen-bond donors (Lipinski definition) is 3. The molecule has 1 aliphatic rings. The number of amides is 2. The second-order valence-corrected chi connectivity index (χ2v) is 8.65. The van der Waals surface area contributed by atoms with Gasteiger partial charge in [-0.05, 0) is 39.7 Å². The van der Waals surface area contributed by atoms with Crippen molar-refractivity contribution in [2.75, 3.05) is 26.2 Å². The van der Waals surface area contributed by atoms with Gasteiger partial charge >= 0.3 is 6.09 Å². The Morgan fingerprint density at radius 3 is 2.55 bits per heavy atom. The molecule has 0 aliphatic carbocycles. The van der Waals surface area contributed by atoms with Crippen LogP contribution in [0.15, 0.2) is 35.3 Å². The van der Waals surface area contributed by atoms with Crippen LogP contribution in [0.3, 0.4) is 0 Å². The number of aliphatic imine (C=N–C) groups is 1. The predicted molar refractivity (Wildman–Crippen MR) is 123 cm³/mol. The molecule has 0 aromatic heterocycles. The Labute approximate surface area is 185 Å². The minimum absolute atomic E-state index is 0.155. The molecule has 2 amide bonds. The van der Waals surface area contributed by atoms with Gasteiger partial charge in [0.15, 0.2) is 5.96 Å². The van der Waals surface area contributed by atoms with Gasteiger partial charge in [-0.25, -0.2) is 4.79 Å². The lowest BCUT2D eigenvalue weighted by Crippen LogP contribution is -2.45. The number of benzene rings is 1. The first-order valence-corrected chi connectivity index (χ1v) is 11.1. The molecule has 2 rings (SSSR count). The minimum Gasteiger partial charge on any atom is -0.444 e. The number of likely N-dealkylation sites (tertiary alicyclic amines) is 1. The quantitative estimate of drug-likeness (QED) is 0.456. The van der Waals surface area contributed by atoms with Gasteiger partial charge in [-0.1, -0.05) is 37.3 Å². The van der Waals surface area contributed by atoms with Gasteiger partial charge in [-0.3, -0.25) is 9.79 Å². The highest BCUT2D eigenvalue weighted by atomic mass is 16.6. The summed E-state index contributed by atoms with van der Waals surface area (Å²) < 4.78 is 5.43. The van der Waals surface area contributed by atoms with E-state index in [9.17, 15) is 9.59 Å². The van der Waals surface area contributed by atoms with E-state index in [2.05, 4.69) is 16.0 Å². The van der Waals surface area contributed by atoms with Crippen molar-refractivity contribution in [1.82, 2.24) is 20.9 Å². The van der Waals surface area contributed by atoms with Crippen molar-refractivity contribution in [2.24, 2.45) is 4.99 Å². The molecule has 1 heterocycles. The lowest BCUT2D eigenvalue weighted by molar-refractivity contribution is -0.129. The molecule has 0 bridgehead atoms. The van der Waals surface area contributed by atoms with Crippen LogP contribution in [0.25, 0.3) is 0 Å². The summed E-state index contributed by atoms with van der Waals surface area (Å²) in [5.74, 6) is 0.849. The third-order valence-corrected chi connectivity index (χ3v) is 4.85. The highest BCUT2D eigenvalue weighted by Crippen LogP contribution is 2.15. The van der Waals surface area contributed by atoms with E-state index in [0.29, 0.717) is 32.0 Å². The first kappa shape index (κ1) is 24.5. The van der Waals surface area contributed by atoms with Crippen molar-refractivity contribution in [3.8, 4) is 0 Å². The average molecular weight is 432 g/mol. The van der Waals surface area contributed by atoms with E-state index in [1.54, 1.807) is 0 Å². The summed E-state index contributed by atoms with van der Waals surface area (Å²) in [6.45, 7) is 11.9. The van der Waals surface area contributed by atoms with Crippen molar-refractivity contribution >= 4 is 18.0 Å². The molecule has 1 aromatic carbocycles. The molecular weight excluding hydrogens is 394 g/mol. The number of hydrogen-bond acceptors (Lipinski definition) is 4. The van der Waals surface area contributed by atoms with Crippen molar-refractivity contribution in [2.45, 2.75) is 65.1 Å². The van der Waals surface area contributed by atoms with Gasteiger partial charge in [0.25, 0.3) is 0 Å². The fraction of sp³-hybridized carbons (Fsp3) is 0.609. The van der Waals surface area contributed by atoms with Crippen LogP contribution in [0.2, 0.25) is 0 Å². The highest BCUT2D eigenvalue weighted by molar-refractivity contribution is 5.81. The Morgan fingerprint density at radius 2 is 1.94 bits per heavy atom. The third-order valence-electron chi connectivity index (χ3n) is 4.85. The maximum Gasteiger partial charge on any atom is 0.408 e. The van der Waals surface area contributed by atoms with Crippen LogP contribution in [0, 0.1) is 0 Å². The van der Waals surface area contributed by atoms with Crippen LogP contribution < -0.4 is 16.0 Å². The number of alkyl carbamates (subject to hydrolysis) is 1. The van der Waals surface area contributed by atoms with E-state index in [-0.39, 0.29) is 18.0 Å². The minimum atomic E-state index is -0.574. The summed E-state index contributed by atoms with van der Waals surface area (Å²) in [6.07, 6.45) is 0.934. The second kappa shape index (κ2) is 11.6. The SMILES string of the molecule is CCNC(=NCC(NC(=O)OC(C)(C)C)c1ccccc1)NC1CCN(C(=O)CC)C1. The van der Waals surface area contributed by atoms with Crippen LogP contribution >= 0.6 is 0 Å². The largest absolute Gasteiger partial charge is 0.444 e. The van der Waals surface area contributed by atoms with Gasteiger partial charge in [0.2, 0.25) is 5.91 Å². The molecule has 172 valence electrons. The molecule has 8 heteroatoms. The molecule has 2 unspecified atom stereocenters. The molecule has 1 aliphatic heterocycles. The number of rotatable bonds is 7. The van der Waals surface area contributed by atoms with Crippen LogP contribution in [0.5, 0.6) is 0 Å². The molecule has 1 aromatic rings. The zero-order chi connectivity index (χ0) is 22.9. The molecule has 8 nitrogen and oxygen atoms in total. The zero-order valence-electron chi connectivity index (χ0n) is 19.4.